The molecule has 0 unspecified atom stereocenters. The highest BCUT2D eigenvalue weighted by molar-refractivity contribution is 7.19. The standard InChI is InChI=1S/C16H20N4O3S.H2/c1-10-14(24-16(17-10)18-11(2)21)12-4-5-13(23-12)15(22)20-8-6-19(3)7-9-20;/h4-5H,6-9H2,1-3H3,(H,17,18,21);1H. The summed E-state index contributed by atoms with van der Waals surface area (Å²) in [4.78, 5) is 32.8. The number of carbonyl (C=O) groups is 2. The van der Waals surface area contributed by atoms with Gasteiger partial charge in [0.25, 0.3) is 5.91 Å². The number of aromatic nitrogens is 1. The van der Waals surface area contributed by atoms with E-state index in [0.29, 0.717) is 29.7 Å². The number of hydrogen-bond acceptors (Lipinski definition) is 6. The van der Waals surface area contributed by atoms with Gasteiger partial charge in [-0.05, 0) is 26.1 Å². The Hall–Kier alpha value is -2.19. The molecule has 2 amide bonds. The second kappa shape index (κ2) is 6.74. The number of aryl methyl sites for hydroxylation is 1. The lowest BCUT2D eigenvalue weighted by Gasteiger charge is -2.31. The molecule has 24 heavy (non-hydrogen) atoms. The molecule has 130 valence electrons. The second-order valence-corrected chi connectivity index (χ2v) is 6.87. The molecule has 0 spiro atoms. The van der Waals surface area contributed by atoms with Gasteiger partial charge in [-0.25, -0.2) is 4.98 Å². The van der Waals surface area contributed by atoms with Crippen LogP contribution in [0.1, 0.15) is 24.6 Å². The SMILES string of the molecule is CC(=O)Nc1nc(C)c(-c2ccc(C(=O)N3CCN(C)CC3)o2)s1.[HH]. The lowest BCUT2D eigenvalue weighted by atomic mass is 10.3. The molecular weight excluding hydrogens is 328 g/mol. The predicted octanol–water partition coefficient (Wildman–Crippen LogP) is 2.30. The monoisotopic (exact) mass is 350 g/mol. The van der Waals surface area contributed by atoms with E-state index in [1.807, 2.05) is 18.9 Å². The van der Waals surface area contributed by atoms with Crippen molar-refractivity contribution in [3.8, 4) is 10.6 Å². The van der Waals surface area contributed by atoms with Crippen molar-refractivity contribution in [1.82, 2.24) is 14.8 Å². The van der Waals surface area contributed by atoms with Crippen LogP contribution in [-0.2, 0) is 4.79 Å². The smallest absolute Gasteiger partial charge is 0.289 e. The fourth-order valence-corrected chi connectivity index (χ4v) is 3.54. The number of hydrogen-bond donors (Lipinski definition) is 1. The zero-order valence-corrected chi connectivity index (χ0v) is 14.8. The van der Waals surface area contributed by atoms with Gasteiger partial charge in [0.05, 0.1) is 10.6 Å². The van der Waals surface area contributed by atoms with E-state index in [-0.39, 0.29) is 13.2 Å². The van der Waals surface area contributed by atoms with E-state index in [4.69, 9.17) is 4.42 Å². The lowest BCUT2D eigenvalue weighted by molar-refractivity contribution is -0.114. The fourth-order valence-electron chi connectivity index (χ4n) is 2.57. The van der Waals surface area contributed by atoms with E-state index in [1.165, 1.54) is 18.3 Å². The number of piperazine rings is 1. The molecule has 8 heteroatoms. The van der Waals surface area contributed by atoms with E-state index < -0.39 is 0 Å². The number of furan rings is 1. The Kier molecular flexibility index (Phi) is 4.68. The molecule has 1 saturated heterocycles. The summed E-state index contributed by atoms with van der Waals surface area (Å²) >= 11 is 1.33. The number of thiazole rings is 1. The summed E-state index contributed by atoms with van der Waals surface area (Å²) < 4.78 is 5.76. The average molecular weight is 350 g/mol. The highest BCUT2D eigenvalue weighted by Crippen LogP contribution is 2.34. The Bertz CT molecular complexity index is 765. The molecule has 2 aromatic heterocycles. The van der Waals surface area contributed by atoms with Crippen LogP contribution >= 0.6 is 11.3 Å². The fraction of sp³-hybridized carbons (Fsp3) is 0.438. The molecule has 1 fully saturated rings. The van der Waals surface area contributed by atoms with Crippen molar-refractivity contribution in [2.75, 3.05) is 38.5 Å². The van der Waals surface area contributed by atoms with Gasteiger partial charge in [0.1, 0.15) is 5.76 Å². The molecule has 3 rings (SSSR count). The molecule has 0 bridgehead atoms. The number of anilines is 1. The topological polar surface area (TPSA) is 78.7 Å². The summed E-state index contributed by atoms with van der Waals surface area (Å²) in [5, 5.41) is 3.19. The van der Waals surface area contributed by atoms with Gasteiger partial charge >= 0.3 is 0 Å². The van der Waals surface area contributed by atoms with Gasteiger partial charge in [0, 0.05) is 34.5 Å². The van der Waals surface area contributed by atoms with Crippen LogP contribution in [0.2, 0.25) is 0 Å². The average Bonchev–Trinajstić information content (AvgIpc) is 3.13. The van der Waals surface area contributed by atoms with E-state index in [2.05, 4.69) is 15.2 Å². The summed E-state index contributed by atoms with van der Waals surface area (Å²) in [6.45, 7) is 6.44. The molecule has 0 atom stereocenters. The Balaban J connectivity index is 0.00000225. The number of nitrogens with one attached hydrogen (secondary N) is 1. The predicted molar refractivity (Wildman–Crippen MR) is 94.4 cm³/mol. The van der Waals surface area contributed by atoms with Crippen LogP contribution in [0, 0.1) is 6.92 Å². The molecule has 0 radical (unpaired) electrons. The third-order valence-corrected chi connectivity index (χ3v) is 5.00. The van der Waals surface area contributed by atoms with Crippen molar-refractivity contribution in [1.29, 1.82) is 0 Å². The first kappa shape index (κ1) is 16.7. The number of carbonyl (C=O) groups excluding carboxylic acids is 2. The van der Waals surface area contributed by atoms with Crippen LogP contribution in [0.3, 0.4) is 0 Å². The van der Waals surface area contributed by atoms with Gasteiger partial charge < -0.3 is 19.5 Å². The van der Waals surface area contributed by atoms with Crippen molar-refractivity contribution in [2.24, 2.45) is 0 Å². The zero-order valence-electron chi connectivity index (χ0n) is 14.0. The number of nitrogens with zero attached hydrogens (tertiary/aromatic N) is 3. The highest BCUT2D eigenvalue weighted by Gasteiger charge is 2.24. The van der Waals surface area contributed by atoms with Crippen LogP contribution in [0.25, 0.3) is 10.6 Å². The van der Waals surface area contributed by atoms with Crippen molar-refractivity contribution < 1.29 is 15.4 Å². The molecule has 0 aliphatic carbocycles. The summed E-state index contributed by atoms with van der Waals surface area (Å²) in [6.07, 6.45) is 0. The Morgan fingerprint density at radius 1 is 1.29 bits per heavy atom. The quantitative estimate of drug-likeness (QED) is 0.919. The van der Waals surface area contributed by atoms with Crippen LogP contribution in [0.4, 0.5) is 5.13 Å². The Morgan fingerprint density at radius 3 is 2.67 bits per heavy atom. The van der Waals surface area contributed by atoms with Gasteiger partial charge in [-0.15, -0.1) is 0 Å². The summed E-state index contributed by atoms with van der Waals surface area (Å²) in [5.41, 5.74) is 0.761. The highest BCUT2D eigenvalue weighted by atomic mass is 32.1. The summed E-state index contributed by atoms with van der Waals surface area (Å²) in [6, 6.07) is 3.48. The van der Waals surface area contributed by atoms with Gasteiger partial charge in [-0.1, -0.05) is 11.3 Å². The minimum atomic E-state index is -0.166. The molecule has 3 heterocycles. The maximum Gasteiger partial charge on any atom is 0.289 e. The molecule has 1 N–H and O–H groups in total. The van der Waals surface area contributed by atoms with Crippen molar-refractivity contribution in [3.63, 3.8) is 0 Å². The minimum Gasteiger partial charge on any atom is -0.450 e. The number of likely N-dealkylation sites (N-methyl/N-ethyl adjacent to an activating group) is 1. The first-order chi connectivity index (χ1) is 11.4. The van der Waals surface area contributed by atoms with Crippen LogP contribution in [-0.4, -0.2) is 59.8 Å². The van der Waals surface area contributed by atoms with E-state index in [1.54, 1.807) is 12.1 Å². The van der Waals surface area contributed by atoms with E-state index in [0.717, 1.165) is 23.7 Å². The largest absolute Gasteiger partial charge is 0.450 e. The van der Waals surface area contributed by atoms with Crippen LogP contribution in [0.15, 0.2) is 16.5 Å². The van der Waals surface area contributed by atoms with E-state index >= 15 is 0 Å². The molecule has 1 aliphatic rings. The molecule has 0 saturated carbocycles. The Morgan fingerprint density at radius 2 is 2.00 bits per heavy atom. The molecule has 2 aromatic rings. The maximum absolute atomic E-state index is 12.5. The maximum atomic E-state index is 12.5. The Labute approximate surface area is 145 Å². The molecule has 0 aromatic carbocycles. The first-order valence-electron chi connectivity index (χ1n) is 7.77. The van der Waals surface area contributed by atoms with Crippen molar-refractivity contribution in [3.05, 3.63) is 23.6 Å². The first-order valence-corrected chi connectivity index (χ1v) is 8.58. The number of rotatable bonds is 3. The van der Waals surface area contributed by atoms with Crippen molar-refractivity contribution in [2.45, 2.75) is 13.8 Å². The van der Waals surface area contributed by atoms with Gasteiger partial charge in [0.2, 0.25) is 5.91 Å². The van der Waals surface area contributed by atoms with Gasteiger partial charge in [0.15, 0.2) is 10.9 Å². The summed E-state index contributed by atoms with van der Waals surface area (Å²) in [5.74, 6) is 0.682. The van der Waals surface area contributed by atoms with Crippen LogP contribution < -0.4 is 5.32 Å². The lowest BCUT2D eigenvalue weighted by Crippen LogP contribution is -2.47. The molecule has 7 nitrogen and oxygen atoms in total. The van der Waals surface area contributed by atoms with E-state index in [9.17, 15) is 9.59 Å². The normalized spacial score (nSPS) is 15.5. The third kappa shape index (κ3) is 3.49. The second-order valence-electron chi connectivity index (χ2n) is 5.87. The van der Waals surface area contributed by atoms with Crippen molar-refractivity contribution >= 4 is 28.3 Å². The third-order valence-electron chi connectivity index (χ3n) is 3.91. The minimum absolute atomic E-state index is 0. The molecule has 1 aliphatic heterocycles. The van der Waals surface area contributed by atoms with Gasteiger partial charge in [-0.3, -0.25) is 9.59 Å². The van der Waals surface area contributed by atoms with Crippen LogP contribution in [0.5, 0.6) is 0 Å². The van der Waals surface area contributed by atoms with Gasteiger partial charge in [-0.2, -0.15) is 0 Å². The molecular formula is C16H22N4O3S. The summed E-state index contributed by atoms with van der Waals surface area (Å²) in [7, 11) is 2.05. The number of amides is 2. The zero-order chi connectivity index (χ0) is 17.3.